The van der Waals surface area contributed by atoms with Crippen molar-refractivity contribution in [1.82, 2.24) is 4.57 Å². The lowest BCUT2D eigenvalue weighted by atomic mass is 10.00. The van der Waals surface area contributed by atoms with Gasteiger partial charge in [-0.25, -0.2) is 0 Å². The fourth-order valence-electron chi connectivity index (χ4n) is 9.62. The van der Waals surface area contributed by atoms with Crippen LogP contribution < -0.4 is 25.5 Å². The topological polar surface area (TPSA) is 14.2 Å². The Balaban J connectivity index is 1.15. The summed E-state index contributed by atoms with van der Waals surface area (Å²) in [6, 6.07) is 78.3. The lowest BCUT2D eigenvalue weighted by Gasteiger charge is -2.41. The van der Waals surface area contributed by atoms with E-state index < -0.39 is 8.07 Å². The van der Waals surface area contributed by atoms with E-state index in [1.807, 2.05) is 11.3 Å². The molecule has 0 bridgehead atoms. The SMILES string of the molecule is c1ccc(-c2ccc(-c3cccc4c3[Si](c3ccc(-n5c6ccccc6c6ccccc65)cc3)(c3ccc5sc6ccccc6c5c3)c3ccccc3O4)cc2)cc1. The Hall–Kier alpha value is -6.98. The van der Waals surface area contributed by atoms with Crippen LogP contribution in [0.3, 0.4) is 0 Å². The number of aromatic nitrogens is 1. The zero-order valence-electron chi connectivity index (χ0n) is 31.5. The van der Waals surface area contributed by atoms with Crippen LogP contribution in [0.15, 0.2) is 212 Å². The van der Waals surface area contributed by atoms with Gasteiger partial charge in [-0.2, -0.15) is 0 Å². The highest BCUT2D eigenvalue weighted by atomic mass is 32.1. The molecular formula is C54H35NOSSi. The lowest BCUT2D eigenvalue weighted by Crippen LogP contribution is -2.76. The molecule has 272 valence electrons. The molecule has 0 saturated heterocycles. The minimum Gasteiger partial charge on any atom is -0.458 e. The fraction of sp³-hybridized carbons (Fsp3) is 0. The normalized spacial score (nSPS) is 14.8. The van der Waals surface area contributed by atoms with Gasteiger partial charge in [-0.15, -0.1) is 11.3 Å². The van der Waals surface area contributed by atoms with Crippen molar-refractivity contribution in [2.24, 2.45) is 0 Å². The van der Waals surface area contributed by atoms with Gasteiger partial charge in [0.2, 0.25) is 0 Å². The molecule has 0 N–H and O–H groups in total. The van der Waals surface area contributed by atoms with Crippen molar-refractivity contribution in [2.75, 3.05) is 0 Å². The number of para-hydroxylation sites is 3. The molecule has 58 heavy (non-hydrogen) atoms. The summed E-state index contributed by atoms with van der Waals surface area (Å²) in [5, 5.41) is 10.4. The molecule has 2 nitrogen and oxygen atoms in total. The Morgan fingerprint density at radius 1 is 0.397 bits per heavy atom. The van der Waals surface area contributed by atoms with Crippen LogP contribution >= 0.6 is 11.3 Å². The highest BCUT2D eigenvalue weighted by Gasteiger charge is 2.49. The van der Waals surface area contributed by atoms with Gasteiger partial charge in [0, 0.05) is 41.8 Å². The van der Waals surface area contributed by atoms with E-state index in [4.69, 9.17) is 4.74 Å². The summed E-state index contributed by atoms with van der Waals surface area (Å²) in [4.78, 5) is 0. The van der Waals surface area contributed by atoms with E-state index in [-0.39, 0.29) is 0 Å². The molecule has 4 heteroatoms. The zero-order chi connectivity index (χ0) is 38.2. The molecule has 0 aliphatic carbocycles. The molecule has 0 amide bonds. The summed E-state index contributed by atoms with van der Waals surface area (Å²) in [5.41, 5.74) is 8.37. The van der Waals surface area contributed by atoms with Crippen molar-refractivity contribution < 1.29 is 4.74 Å². The quantitative estimate of drug-likeness (QED) is 0.159. The van der Waals surface area contributed by atoms with Crippen molar-refractivity contribution in [3.63, 3.8) is 0 Å². The number of nitrogens with zero attached hydrogens (tertiary/aromatic N) is 1. The van der Waals surface area contributed by atoms with Crippen LogP contribution in [-0.2, 0) is 0 Å². The van der Waals surface area contributed by atoms with Crippen molar-refractivity contribution >= 4 is 82.1 Å². The van der Waals surface area contributed by atoms with Gasteiger partial charge in [0.05, 0.1) is 11.0 Å². The van der Waals surface area contributed by atoms with Gasteiger partial charge >= 0.3 is 0 Å². The number of thiophene rings is 1. The second kappa shape index (κ2) is 13.0. The van der Waals surface area contributed by atoms with E-state index in [0.717, 1.165) is 17.2 Å². The first-order chi connectivity index (χ1) is 28.8. The molecule has 11 aromatic rings. The molecule has 0 radical (unpaired) electrons. The van der Waals surface area contributed by atoms with E-state index >= 15 is 0 Å². The smallest absolute Gasteiger partial charge is 0.189 e. The standard InChI is InChI=1S/C54H35NOSSi/c1-2-13-36(14-3-1)37-25-27-38(28-26-37)42-18-12-22-50-54(42)58(53-24-11-9-21-49(53)56-50,41-33-34-52-46(35-41)45-17-6-10-23-51(45)57-52)40-31-29-39(30-32-40)55-47-19-7-4-15-43(47)44-16-5-8-20-48(44)55/h1-35H. The molecule has 9 aromatic carbocycles. The van der Waals surface area contributed by atoms with E-state index in [9.17, 15) is 0 Å². The molecule has 12 rings (SSSR count). The first kappa shape index (κ1) is 33.2. The maximum Gasteiger partial charge on any atom is 0.189 e. The highest BCUT2D eigenvalue weighted by molar-refractivity contribution is 7.26. The molecule has 0 fully saturated rings. The summed E-state index contributed by atoms with van der Waals surface area (Å²) in [5.74, 6) is 1.86. The fourth-order valence-corrected chi connectivity index (χ4v) is 15.9. The summed E-state index contributed by atoms with van der Waals surface area (Å²) < 4.78 is 12.0. The lowest BCUT2D eigenvalue weighted by molar-refractivity contribution is 0.487. The van der Waals surface area contributed by atoms with E-state index in [1.165, 1.54) is 85.0 Å². The molecule has 1 atom stereocenters. The summed E-state index contributed by atoms with van der Waals surface area (Å²) >= 11 is 1.87. The predicted octanol–water partition coefficient (Wildman–Crippen LogP) is 12.0. The zero-order valence-corrected chi connectivity index (χ0v) is 33.3. The Morgan fingerprint density at radius 3 is 1.76 bits per heavy atom. The molecule has 1 aliphatic heterocycles. The second-order valence-corrected chi connectivity index (χ2v) is 20.0. The third kappa shape index (κ3) is 4.89. The highest BCUT2D eigenvalue weighted by Crippen LogP contribution is 2.38. The summed E-state index contributed by atoms with van der Waals surface area (Å²) in [6.45, 7) is 0. The van der Waals surface area contributed by atoms with Crippen LogP contribution in [-0.4, -0.2) is 12.6 Å². The first-order valence-electron chi connectivity index (χ1n) is 19.8. The largest absolute Gasteiger partial charge is 0.458 e. The van der Waals surface area contributed by atoms with Crippen molar-refractivity contribution in [3.8, 4) is 39.4 Å². The Labute approximate surface area is 341 Å². The average Bonchev–Trinajstić information content (AvgIpc) is 3.84. The average molecular weight is 774 g/mol. The number of fused-ring (bicyclic) bond motifs is 8. The minimum atomic E-state index is -3.10. The molecule has 2 aromatic heterocycles. The van der Waals surface area contributed by atoms with Crippen molar-refractivity contribution in [1.29, 1.82) is 0 Å². The van der Waals surface area contributed by atoms with Gasteiger partial charge in [0.25, 0.3) is 0 Å². The van der Waals surface area contributed by atoms with Crippen LogP contribution in [0.5, 0.6) is 11.5 Å². The van der Waals surface area contributed by atoms with Gasteiger partial charge < -0.3 is 9.30 Å². The molecule has 0 spiro atoms. The maximum atomic E-state index is 6.99. The van der Waals surface area contributed by atoms with Gasteiger partial charge in [0.1, 0.15) is 11.5 Å². The Morgan fingerprint density at radius 2 is 0.983 bits per heavy atom. The number of hydrogen-bond donors (Lipinski definition) is 0. The Bertz CT molecular complexity index is 3310. The van der Waals surface area contributed by atoms with Gasteiger partial charge in [-0.3, -0.25) is 0 Å². The summed E-state index contributed by atoms with van der Waals surface area (Å²) in [6.07, 6.45) is 0. The number of ether oxygens (including phenoxy) is 1. The molecule has 1 aliphatic rings. The van der Waals surface area contributed by atoms with Crippen molar-refractivity contribution in [2.45, 2.75) is 0 Å². The minimum absolute atomic E-state index is 0.928. The van der Waals surface area contributed by atoms with Crippen LogP contribution in [0.1, 0.15) is 0 Å². The number of benzene rings is 9. The van der Waals surface area contributed by atoms with Gasteiger partial charge in [-0.05, 0) is 86.3 Å². The van der Waals surface area contributed by atoms with Crippen LogP contribution in [0.25, 0.3) is 69.9 Å². The maximum absolute atomic E-state index is 6.99. The summed E-state index contributed by atoms with van der Waals surface area (Å²) in [7, 11) is -3.10. The van der Waals surface area contributed by atoms with Crippen LogP contribution in [0.2, 0.25) is 0 Å². The second-order valence-electron chi connectivity index (χ2n) is 15.2. The van der Waals surface area contributed by atoms with Gasteiger partial charge in [0.15, 0.2) is 8.07 Å². The third-order valence-corrected chi connectivity index (χ3v) is 18.2. The molecule has 1 unspecified atom stereocenters. The molecule has 0 saturated carbocycles. The van der Waals surface area contributed by atoms with Gasteiger partial charge in [-0.1, -0.05) is 164 Å². The third-order valence-electron chi connectivity index (χ3n) is 12.2. The molecule has 3 heterocycles. The molecular weight excluding hydrogens is 739 g/mol. The van der Waals surface area contributed by atoms with E-state index in [2.05, 4.69) is 217 Å². The monoisotopic (exact) mass is 773 g/mol. The van der Waals surface area contributed by atoms with Crippen LogP contribution in [0.4, 0.5) is 0 Å². The Kier molecular flexibility index (Phi) is 7.46. The van der Waals surface area contributed by atoms with Crippen LogP contribution in [0, 0.1) is 0 Å². The number of hydrogen-bond acceptors (Lipinski definition) is 2. The first-order valence-corrected chi connectivity index (χ1v) is 22.6. The predicted molar refractivity (Wildman–Crippen MR) is 248 cm³/mol. The number of rotatable bonds is 5. The van der Waals surface area contributed by atoms with E-state index in [0.29, 0.717) is 0 Å². The van der Waals surface area contributed by atoms with Crippen molar-refractivity contribution in [3.05, 3.63) is 212 Å². The van der Waals surface area contributed by atoms with E-state index in [1.54, 1.807) is 0 Å².